The second kappa shape index (κ2) is 7.41. The maximum atomic E-state index is 6.08. The molecule has 0 unspecified atom stereocenters. The van der Waals surface area contributed by atoms with E-state index in [4.69, 9.17) is 44.0 Å². The molecule has 0 radical (unpaired) electrons. The standard InChI is InChI=1S/C15H16Cl3NO2/c1-9(2)19-7-15-10(3-4-20-15)8-21-14-6-12(17)11(16)5-13(14)18/h3-6,9,19H,7-8H2,1-2H3. The lowest BCUT2D eigenvalue weighted by Gasteiger charge is -2.10. The van der Waals surface area contributed by atoms with Crippen molar-refractivity contribution in [3.8, 4) is 5.75 Å². The number of hydrogen-bond donors (Lipinski definition) is 1. The Labute approximate surface area is 139 Å². The molecular formula is C15H16Cl3NO2. The van der Waals surface area contributed by atoms with Gasteiger partial charge in [-0.1, -0.05) is 48.7 Å². The maximum Gasteiger partial charge on any atom is 0.139 e. The third-order valence-electron chi connectivity index (χ3n) is 2.87. The summed E-state index contributed by atoms with van der Waals surface area (Å²) >= 11 is 17.9. The van der Waals surface area contributed by atoms with Gasteiger partial charge in [-0.25, -0.2) is 0 Å². The molecule has 1 aromatic heterocycles. The molecule has 0 aliphatic heterocycles. The van der Waals surface area contributed by atoms with Crippen molar-refractivity contribution in [3.05, 3.63) is 50.9 Å². The highest BCUT2D eigenvalue weighted by atomic mass is 35.5. The van der Waals surface area contributed by atoms with Gasteiger partial charge in [0.15, 0.2) is 0 Å². The van der Waals surface area contributed by atoms with Crippen molar-refractivity contribution in [1.82, 2.24) is 5.32 Å². The molecule has 6 heteroatoms. The third kappa shape index (κ3) is 4.55. The van der Waals surface area contributed by atoms with E-state index in [2.05, 4.69) is 19.2 Å². The zero-order chi connectivity index (χ0) is 15.4. The van der Waals surface area contributed by atoms with Crippen LogP contribution in [0.4, 0.5) is 0 Å². The number of hydrogen-bond acceptors (Lipinski definition) is 3. The number of furan rings is 1. The summed E-state index contributed by atoms with van der Waals surface area (Å²) < 4.78 is 11.2. The molecule has 2 rings (SSSR count). The van der Waals surface area contributed by atoms with E-state index in [1.165, 1.54) is 0 Å². The fourth-order valence-corrected chi connectivity index (χ4v) is 2.31. The zero-order valence-electron chi connectivity index (χ0n) is 11.8. The maximum absolute atomic E-state index is 6.08. The molecule has 21 heavy (non-hydrogen) atoms. The molecule has 0 atom stereocenters. The van der Waals surface area contributed by atoms with Gasteiger partial charge in [0, 0.05) is 17.7 Å². The average Bonchev–Trinajstić information content (AvgIpc) is 2.86. The second-order valence-electron chi connectivity index (χ2n) is 4.89. The van der Waals surface area contributed by atoms with Gasteiger partial charge >= 0.3 is 0 Å². The summed E-state index contributed by atoms with van der Waals surface area (Å²) in [6.07, 6.45) is 1.65. The number of benzene rings is 1. The van der Waals surface area contributed by atoms with Gasteiger partial charge < -0.3 is 14.5 Å². The Bertz CT molecular complexity index is 611. The van der Waals surface area contributed by atoms with Gasteiger partial charge in [0.1, 0.15) is 18.1 Å². The van der Waals surface area contributed by atoms with Crippen LogP contribution in [-0.2, 0) is 13.2 Å². The van der Waals surface area contributed by atoms with E-state index in [0.717, 1.165) is 11.3 Å². The summed E-state index contributed by atoms with van der Waals surface area (Å²) in [6, 6.07) is 5.44. The van der Waals surface area contributed by atoms with Crippen molar-refractivity contribution in [2.75, 3.05) is 0 Å². The van der Waals surface area contributed by atoms with Gasteiger partial charge in [0.2, 0.25) is 0 Å². The predicted molar refractivity (Wildman–Crippen MR) is 86.5 cm³/mol. The van der Waals surface area contributed by atoms with Crippen molar-refractivity contribution in [3.63, 3.8) is 0 Å². The number of nitrogens with one attached hydrogen (secondary N) is 1. The van der Waals surface area contributed by atoms with Crippen LogP contribution in [0, 0.1) is 0 Å². The molecular weight excluding hydrogens is 333 g/mol. The summed E-state index contributed by atoms with van der Waals surface area (Å²) in [5.41, 5.74) is 0.963. The summed E-state index contributed by atoms with van der Waals surface area (Å²) in [5.74, 6) is 1.34. The highest BCUT2D eigenvalue weighted by molar-refractivity contribution is 6.43. The Hall–Kier alpha value is -0.870. The number of halogens is 3. The highest BCUT2D eigenvalue weighted by Gasteiger charge is 2.11. The predicted octanol–water partition coefficient (Wildman–Crippen LogP) is 5.32. The van der Waals surface area contributed by atoms with E-state index in [0.29, 0.717) is 40.0 Å². The lowest BCUT2D eigenvalue weighted by atomic mass is 10.2. The molecule has 114 valence electrons. The normalized spacial score (nSPS) is 11.1. The van der Waals surface area contributed by atoms with E-state index in [-0.39, 0.29) is 0 Å². The second-order valence-corrected chi connectivity index (χ2v) is 6.11. The van der Waals surface area contributed by atoms with Crippen LogP contribution in [0.3, 0.4) is 0 Å². The van der Waals surface area contributed by atoms with Crippen LogP contribution >= 0.6 is 34.8 Å². The fourth-order valence-electron chi connectivity index (χ4n) is 1.72. The Morgan fingerprint density at radius 1 is 1.14 bits per heavy atom. The molecule has 0 fully saturated rings. The summed E-state index contributed by atoms with van der Waals surface area (Å²) in [5, 5.41) is 4.54. The molecule has 0 saturated heterocycles. The Morgan fingerprint density at radius 2 is 1.86 bits per heavy atom. The average molecular weight is 349 g/mol. The van der Waals surface area contributed by atoms with E-state index in [1.54, 1.807) is 18.4 Å². The number of ether oxygens (including phenoxy) is 1. The Balaban J connectivity index is 2.03. The first-order valence-electron chi connectivity index (χ1n) is 6.53. The van der Waals surface area contributed by atoms with Crippen molar-refractivity contribution in [2.24, 2.45) is 0 Å². The van der Waals surface area contributed by atoms with Crippen molar-refractivity contribution >= 4 is 34.8 Å². The lowest BCUT2D eigenvalue weighted by molar-refractivity contribution is 0.301. The molecule has 1 N–H and O–H groups in total. The largest absolute Gasteiger partial charge is 0.487 e. The quantitative estimate of drug-likeness (QED) is 0.718. The summed E-state index contributed by atoms with van der Waals surface area (Å²) in [7, 11) is 0. The van der Waals surface area contributed by atoms with E-state index in [1.807, 2.05) is 6.07 Å². The van der Waals surface area contributed by atoms with Gasteiger partial charge in [-0.3, -0.25) is 0 Å². The first kappa shape index (κ1) is 16.5. The Kier molecular flexibility index (Phi) is 5.82. The van der Waals surface area contributed by atoms with E-state index >= 15 is 0 Å². The van der Waals surface area contributed by atoms with E-state index < -0.39 is 0 Å². The van der Waals surface area contributed by atoms with Gasteiger partial charge in [-0.2, -0.15) is 0 Å². The van der Waals surface area contributed by atoms with Gasteiger partial charge in [-0.05, 0) is 12.1 Å². The first-order chi connectivity index (χ1) is 9.97. The first-order valence-corrected chi connectivity index (χ1v) is 7.66. The third-order valence-corrected chi connectivity index (χ3v) is 3.88. The van der Waals surface area contributed by atoms with Crippen LogP contribution in [0.1, 0.15) is 25.2 Å². The molecule has 2 aromatic rings. The van der Waals surface area contributed by atoms with Crippen LogP contribution < -0.4 is 10.1 Å². The van der Waals surface area contributed by atoms with E-state index in [9.17, 15) is 0 Å². The summed E-state index contributed by atoms with van der Waals surface area (Å²) in [4.78, 5) is 0. The van der Waals surface area contributed by atoms with Gasteiger partial charge in [0.25, 0.3) is 0 Å². The van der Waals surface area contributed by atoms with Crippen LogP contribution in [0.25, 0.3) is 0 Å². The minimum Gasteiger partial charge on any atom is -0.487 e. The molecule has 0 aliphatic rings. The molecule has 0 amide bonds. The van der Waals surface area contributed by atoms with Crippen molar-refractivity contribution in [1.29, 1.82) is 0 Å². The molecule has 0 bridgehead atoms. The minimum absolute atomic E-state index is 0.350. The molecule has 0 aliphatic carbocycles. The van der Waals surface area contributed by atoms with Crippen LogP contribution in [0.15, 0.2) is 28.9 Å². The summed E-state index contributed by atoms with van der Waals surface area (Å²) in [6.45, 7) is 5.16. The molecule has 0 saturated carbocycles. The van der Waals surface area contributed by atoms with Crippen LogP contribution in [0.5, 0.6) is 5.75 Å². The topological polar surface area (TPSA) is 34.4 Å². The van der Waals surface area contributed by atoms with Crippen molar-refractivity contribution in [2.45, 2.75) is 33.0 Å². The van der Waals surface area contributed by atoms with Gasteiger partial charge in [0.05, 0.1) is 27.9 Å². The fraction of sp³-hybridized carbons (Fsp3) is 0.333. The lowest BCUT2D eigenvalue weighted by Crippen LogP contribution is -2.22. The van der Waals surface area contributed by atoms with Crippen LogP contribution in [0.2, 0.25) is 15.1 Å². The number of rotatable bonds is 6. The monoisotopic (exact) mass is 347 g/mol. The smallest absolute Gasteiger partial charge is 0.139 e. The zero-order valence-corrected chi connectivity index (χ0v) is 14.0. The minimum atomic E-state index is 0.350. The molecule has 3 nitrogen and oxygen atoms in total. The van der Waals surface area contributed by atoms with Crippen LogP contribution in [-0.4, -0.2) is 6.04 Å². The highest BCUT2D eigenvalue weighted by Crippen LogP contribution is 2.34. The molecule has 1 aromatic carbocycles. The van der Waals surface area contributed by atoms with Gasteiger partial charge in [-0.15, -0.1) is 0 Å². The SMILES string of the molecule is CC(C)NCc1occc1COc1cc(Cl)c(Cl)cc1Cl. The van der Waals surface area contributed by atoms with Crippen molar-refractivity contribution < 1.29 is 9.15 Å². The Morgan fingerprint density at radius 3 is 2.57 bits per heavy atom. The molecule has 0 spiro atoms. The molecule has 1 heterocycles.